The van der Waals surface area contributed by atoms with Crippen LogP contribution in [0.15, 0.2) is 180 Å². The van der Waals surface area contributed by atoms with E-state index in [0.717, 1.165) is 65.9 Å². The van der Waals surface area contributed by atoms with E-state index in [1.54, 1.807) is 0 Å². The third-order valence-electron chi connectivity index (χ3n) is 9.70. The molecule has 0 spiro atoms. The number of hydrogen-bond acceptors (Lipinski definition) is 4. The van der Waals surface area contributed by atoms with Gasteiger partial charge in [-0.05, 0) is 68.7 Å². The van der Waals surface area contributed by atoms with Gasteiger partial charge in [0, 0.05) is 32.8 Å². The number of furan rings is 1. The van der Waals surface area contributed by atoms with Crippen molar-refractivity contribution in [3.63, 3.8) is 0 Å². The Morgan fingerprint density at radius 1 is 0.314 bits per heavy atom. The maximum Gasteiger partial charge on any atom is 0.164 e. The standard InChI is InChI=1S/C47H29N3O/c1-3-12-30(13-4-1)34-18-11-19-35(26-34)36-24-25-43-40(28-36)41-29-42(38-20-9-10-21-39(38)44(41)51-43)47-49-45(32-15-5-2-6-16-32)48-46(50-47)37-23-22-31-14-7-8-17-33(31)27-37/h1-29H. The minimum atomic E-state index is 0.617. The van der Waals surface area contributed by atoms with Crippen LogP contribution in [0.5, 0.6) is 0 Å². The average molecular weight is 652 g/mol. The molecule has 0 N–H and O–H groups in total. The fraction of sp³-hybridized carbons (Fsp3) is 0. The Labute approximate surface area is 294 Å². The van der Waals surface area contributed by atoms with Crippen LogP contribution in [-0.2, 0) is 0 Å². The monoisotopic (exact) mass is 651 g/mol. The Kier molecular flexibility index (Phi) is 6.78. The topological polar surface area (TPSA) is 51.8 Å². The predicted octanol–water partition coefficient (Wildman–Crippen LogP) is 12.4. The fourth-order valence-corrected chi connectivity index (χ4v) is 7.14. The molecule has 0 radical (unpaired) electrons. The van der Waals surface area contributed by atoms with Gasteiger partial charge in [-0.3, -0.25) is 0 Å². The molecular weight excluding hydrogens is 623 g/mol. The number of fused-ring (bicyclic) bond motifs is 6. The number of benzene rings is 8. The summed E-state index contributed by atoms with van der Waals surface area (Å²) in [4.78, 5) is 15.3. The number of nitrogens with zero attached hydrogens (tertiary/aromatic N) is 3. The van der Waals surface area contributed by atoms with Crippen LogP contribution < -0.4 is 0 Å². The van der Waals surface area contributed by atoms with Crippen molar-refractivity contribution in [2.45, 2.75) is 0 Å². The van der Waals surface area contributed by atoms with E-state index in [2.05, 4.69) is 140 Å². The van der Waals surface area contributed by atoms with Gasteiger partial charge in [-0.1, -0.05) is 146 Å². The molecule has 8 aromatic carbocycles. The lowest BCUT2D eigenvalue weighted by molar-refractivity contribution is 0.673. The minimum absolute atomic E-state index is 0.617. The van der Waals surface area contributed by atoms with Crippen molar-refractivity contribution in [3.8, 4) is 56.4 Å². The summed E-state index contributed by atoms with van der Waals surface area (Å²) in [6.45, 7) is 0. The summed E-state index contributed by atoms with van der Waals surface area (Å²) >= 11 is 0. The van der Waals surface area contributed by atoms with Gasteiger partial charge in [0.2, 0.25) is 0 Å². The van der Waals surface area contributed by atoms with Crippen LogP contribution in [0.25, 0.3) is 99.9 Å². The zero-order valence-electron chi connectivity index (χ0n) is 27.5. The molecule has 0 aliphatic carbocycles. The highest BCUT2D eigenvalue weighted by Crippen LogP contribution is 2.41. The van der Waals surface area contributed by atoms with Gasteiger partial charge in [-0.25, -0.2) is 15.0 Å². The minimum Gasteiger partial charge on any atom is -0.455 e. The molecule has 0 atom stereocenters. The highest BCUT2D eigenvalue weighted by molar-refractivity contribution is 6.19. The number of hydrogen-bond donors (Lipinski definition) is 0. The fourth-order valence-electron chi connectivity index (χ4n) is 7.14. The second kappa shape index (κ2) is 11.9. The van der Waals surface area contributed by atoms with Gasteiger partial charge in [0.1, 0.15) is 11.2 Å². The average Bonchev–Trinajstić information content (AvgIpc) is 3.59. The van der Waals surface area contributed by atoms with Crippen LogP contribution in [0.1, 0.15) is 0 Å². The Bertz CT molecular complexity index is 2910. The van der Waals surface area contributed by atoms with E-state index in [0.29, 0.717) is 17.5 Å². The Hall–Kier alpha value is -6.91. The molecule has 0 aliphatic heterocycles. The van der Waals surface area contributed by atoms with Gasteiger partial charge < -0.3 is 4.42 Å². The van der Waals surface area contributed by atoms with Crippen molar-refractivity contribution in [1.29, 1.82) is 0 Å². The Morgan fingerprint density at radius 3 is 1.71 bits per heavy atom. The molecule has 4 nitrogen and oxygen atoms in total. The van der Waals surface area contributed by atoms with Crippen molar-refractivity contribution < 1.29 is 4.42 Å². The number of rotatable bonds is 5. The largest absolute Gasteiger partial charge is 0.455 e. The van der Waals surface area contributed by atoms with E-state index < -0.39 is 0 Å². The molecular formula is C47H29N3O. The molecule has 0 fully saturated rings. The molecule has 0 saturated heterocycles. The maximum atomic E-state index is 6.61. The summed E-state index contributed by atoms with van der Waals surface area (Å²) in [5.74, 6) is 1.88. The molecule has 0 bridgehead atoms. The van der Waals surface area contributed by atoms with Crippen molar-refractivity contribution >= 4 is 43.5 Å². The van der Waals surface area contributed by atoms with Crippen LogP contribution in [-0.4, -0.2) is 15.0 Å². The van der Waals surface area contributed by atoms with Crippen molar-refractivity contribution in [1.82, 2.24) is 15.0 Å². The first kappa shape index (κ1) is 29.0. The van der Waals surface area contributed by atoms with Gasteiger partial charge >= 0.3 is 0 Å². The third-order valence-corrected chi connectivity index (χ3v) is 9.70. The molecule has 238 valence electrons. The molecule has 0 unspecified atom stereocenters. The van der Waals surface area contributed by atoms with Gasteiger partial charge in [-0.2, -0.15) is 0 Å². The Morgan fingerprint density at radius 2 is 0.902 bits per heavy atom. The Balaban J connectivity index is 1.19. The molecule has 0 aliphatic rings. The van der Waals surface area contributed by atoms with Crippen LogP contribution in [0, 0.1) is 0 Å². The smallest absolute Gasteiger partial charge is 0.164 e. The lowest BCUT2D eigenvalue weighted by Crippen LogP contribution is -2.00. The first-order valence-corrected chi connectivity index (χ1v) is 17.1. The van der Waals surface area contributed by atoms with Gasteiger partial charge in [-0.15, -0.1) is 0 Å². The lowest BCUT2D eigenvalue weighted by Gasteiger charge is -2.11. The molecule has 10 rings (SSSR count). The van der Waals surface area contributed by atoms with Gasteiger partial charge in [0.15, 0.2) is 17.5 Å². The van der Waals surface area contributed by atoms with E-state index in [9.17, 15) is 0 Å². The summed E-state index contributed by atoms with van der Waals surface area (Å²) in [6.07, 6.45) is 0. The van der Waals surface area contributed by atoms with Crippen LogP contribution in [0.3, 0.4) is 0 Å². The molecule has 0 amide bonds. The van der Waals surface area contributed by atoms with E-state index >= 15 is 0 Å². The zero-order valence-corrected chi connectivity index (χ0v) is 27.5. The maximum absolute atomic E-state index is 6.61. The summed E-state index contributed by atoms with van der Waals surface area (Å²) < 4.78 is 6.61. The summed E-state index contributed by atoms with van der Waals surface area (Å²) in [6, 6.07) is 61.1. The second-order valence-corrected chi connectivity index (χ2v) is 12.8. The van der Waals surface area contributed by atoms with Crippen molar-refractivity contribution in [3.05, 3.63) is 176 Å². The first-order chi connectivity index (χ1) is 25.2. The molecule has 2 heterocycles. The zero-order chi connectivity index (χ0) is 33.7. The lowest BCUT2D eigenvalue weighted by atomic mass is 9.96. The van der Waals surface area contributed by atoms with Crippen LogP contribution in [0.4, 0.5) is 0 Å². The molecule has 4 heteroatoms. The van der Waals surface area contributed by atoms with Crippen LogP contribution >= 0.6 is 0 Å². The summed E-state index contributed by atoms with van der Waals surface area (Å²) in [5, 5.41) is 6.42. The molecule has 10 aromatic rings. The van der Waals surface area contributed by atoms with Gasteiger partial charge in [0.05, 0.1) is 0 Å². The number of aromatic nitrogens is 3. The van der Waals surface area contributed by atoms with E-state index in [1.165, 1.54) is 16.5 Å². The summed E-state index contributed by atoms with van der Waals surface area (Å²) in [7, 11) is 0. The molecule has 2 aromatic heterocycles. The first-order valence-electron chi connectivity index (χ1n) is 17.1. The quantitative estimate of drug-likeness (QED) is 0.186. The van der Waals surface area contributed by atoms with Crippen LogP contribution in [0.2, 0.25) is 0 Å². The third kappa shape index (κ3) is 5.13. The van der Waals surface area contributed by atoms with E-state index in [-0.39, 0.29) is 0 Å². The molecule has 51 heavy (non-hydrogen) atoms. The normalized spacial score (nSPS) is 11.5. The van der Waals surface area contributed by atoms with E-state index in [1.807, 2.05) is 36.4 Å². The second-order valence-electron chi connectivity index (χ2n) is 12.8. The molecule has 0 saturated carbocycles. The predicted molar refractivity (Wildman–Crippen MR) is 209 cm³/mol. The highest BCUT2D eigenvalue weighted by Gasteiger charge is 2.19. The van der Waals surface area contributed by atoms with Crippen molar-refractivity contribution in [2.75, 3.05) is 0 Å². The van der Waals surface area contributed by atoms with Gasteiger partial charge in [0.25, 0.3) is 0 Å². The SMILES string of the molecule is c1ccc(-c2cccc(-c3ccc4oc5c6ccccc6c(-c6nc(-c7ccccc7)nc(-c7ccc8ccccc8c7)n6)cc5c4c3)c2)cc1. The highest BCUT2D eigenvalue weighted by atomic mass is 16.3. The van der Waals surface area contributed by atoms with E-state index in [4.69, 9.17) is 19.4 Å². The summed E-state index contributed by atoms with van der Waals surface area (Å²) in [5.41, 5.74) is 9.16. The van der Waals surface area contributed by atoms with Crippen molar-refractivity contribution in [2.24, 2.45) is 0 Å².